The minimum atomic E-state index is -1.18. The van der Waals surface area contributed by atoms with Gasteiger partial charge in [0.25, 0.3) is 0 Å². The lowest BCUT2D eigenvalue weighted by Gasteiger charge is -2.20. The van der Waals surface area contributed by atoms with Gasteiger partial charge < -0.3 is 31.4 Å². The van der Waals surface area contributed by atoms with Gasteiger partial charge in [-0.2, -0.15) is 0 Å². The molecule has 2 heterocycles. The molecule has 0 bridgehead atoms. The Kier molecular flexibility index (Phi) is 7.02. The van der Waals surface area contributed by atoms with Gasteiger partial charge in [0.1, 0.15) is 12.6 Å². The first kappa shape index (κ1) is 21.3. The lowest BCUT2D eigenvalue weighted by atomic mass is 10.0. The molecule has 3 amide bonds. The monoisotopic (exact) mass is 415 g/mol. The van der Waals surface area contributed by atoms with Crippen LogP contribution >= 0.6 is 0 Å². The molecule has 30 heavy (non-hydrogen) atoms. The first-order valence-electron chi connectivity index (χ1n) is 9.79. The molecule has 1 aliphatic heterocycles. The molecule has 0 radical (unpaired) electrons. The second kappa shape index (κ2) is 9.88. The molecule has 1 aromatic heterocycles. The van der Waals surface area contributed by atoms with Gasteiger partial charge in [-0.1, -0.05) is 18.2 Å². The highest BCUT2D eigenvalue weighted by atomic mass is 16.4. The Morgan fingerprint density at radius 1 is 1.13 bits per heavy atom. The van der Waals surface area contributed by atoms with Crippen LogP contribution in [0.15, 0.2) is 30.5 Å². The van der Waals surface area contributed by atoms with Gasteiger partial charge in [0.2, 0.25) is 17.7 Å². The van der Waals surface area contributed by atoms with Gasteiger partial charge in [-0.3, -0.25) is 19.2 Å². The highest BCUT2D eigenvalue weighted by Gasteiger charge is 2.28. The average molecular weight is 415 g/mol. The SMILES string of the molecule is O=C(O)CNC(=O)CNC(=O)C(Cc1c[nH]c2ccccc12)NC(=O)C1CCCN1. The normalized spacial score (nSPS) is 16.7. The van der Waals surface area contributed by atoms with Crippen LogP contribution in [0.5, 0.6) is 0 Å². The Hall–Kier alpha value is -3.40. The Morgan fingerprint density at radius 2 is 1.93 bits per heavy atom. The van der Waals surface area contributed by atoms with Crippen LogP contribution in [0.2, 0.25) is 0 Å². The molecule has 3 rings (SSSR count). The van der Waals surface area contributed by atoms with Crippen LogP contribution in [0.4, 0.5) is 0 Å². The Bertz CT molecular complexity index is 935. The standard InChI is InChI=1S/C20H25N5O5/c26-17(23-11-18(27)28)10-24-19(29)16(25-20(30)15-6-3-7-21-15)8-12-9-22-14-5-2-1-4-13(12)14/h1-2,4-5,9,15-16,21-22H,3,6-8,10-11H2,(H,23,26)(H,24,29)(H,25,30)(H,27,28). The molecule has 1 aromatic carbocycles. The molecular formula is C20H25N5O5. The van der Waals surface area contributed by atoms with Gasteiger partial charge in [0, 0.05) is 23.5 Å². The zero-order valence-electron chi connectivity index (χ0n) is 16.4. The molecule has 1 fully saturated rings. The lowest BCUT2D eigenvalue weighted by molar-refractivity contribution is -0.138. The third kappa shape index (κ3) is 5.57. The molecule has 10 nitrogen and oxygen atoms in total. The molecule has 1 aliphatic rings. The molecule has 1 saturated heterocycles. The summed E-state index contributed by atoms with van der Waals surface area (Å²) in [5.74, 6) is -2.58. The summed E-state index contributed by atoms with van der Waals surface area (Å²) in [7, 11) is 0. The van der Waals surface area contributed by atoms with E-state index in [4.69, 9.17) is 5.11 Å². The molecule has 10 heteroatoms. The highest BCUT2D eigenvalue weighted by Crippen LogP contribution is 2.19. The van der Waals surface area contributed by atoms with Crippen LogP contribution in [0.1, 0.15) is 18.4 Å². The van der Waals surface area contributed by atoms with Crippen molar-refractivity contribution < 1.29 is 24.3 Å². The molecule has 0 spiro atoms. The summed E-state index contributed by atoms with van der Waals surface area (Å²) in [6, 6.07) is 6.41. The molecular weight excluding hydrogens is 390 g/mol. The van der Waals surface area contributed by atoms with Gasteiger partial charge >= 0.3 is 5.97 Å². The Morgan fingerprint density at radius 3 is 2.67 bits per heavy atom. The van der Waals surface area contributed by atoms with Crippen LogP contribution in [0.25, 0.3) is 10.9 Å². The van der Waals surface area contributed by atoms with Crippen molar-refractivity contribution in [2.75, 3.05) is 19.6 Å². The van der Waals surface area contributed by atoms with Gasteiger partial charge in [-0.05, 0) is 31.0 Å². The van der Waals surface area contributed by atoms with Crippen LogP contribution in [-0.2, 0) is 25.6 Å². The predicted octanol–water partition coefficient (Wildman–Crippen LogP) is -0.736. The van der Waals surface area contributed by atoms with Crippen LogP contribution in [0, 0.1) is 0 Å². The minimum Gasteiger partial charge on any atom is -0.480 e. The number of aromatic nitrogens is 1. The summed E-state index contributed by atoms with van der Waals surface area (Å²) in [6.45, 7) is -0.160. The average Bonchev–Trinajstić information content (AvgIpc) is 3.40. The second-order valence-corrected chi connectivity index (χ2v) is 7.16. The largest absolute Gasteiger partial charge is 0.480 e. The van der Waals surface area contributed by atoms with Crippen molar-refractivity contribution in [1.82, 2.24) is 26.3 Å². The summed E-state index contributed by atoms with van der Waals surface area (Å²) in [6.07, 6.45) is 3.63. The van der Waals surface area contributed by atoms with Crippen LogP contribution < -0.4 is 21.3 Å². The quantitative estimate of drug-likeness (QED) is 0.317. The summed E-state index contributed by atoms with van der Waals surface area (Å²) in [5.41, 5.74) is 1.78. The molecule has 0 aliphatic carbocycles. The van der Waals surface area contributed by atoms with Crippen LogP contribution in [-0.4, -0.2) is 65.5 Å². The van der Waals surface area contributed by atoms with E-state index in [0.29, 0.717) is 6.42 Å². The maximum atomic E-state index is 12.7. The topological polar surface area (TPSA) is 152 Å². The number of carbonyl (C=O) groups is 4. The van der Waals surface area contributed by atoms with Crippen molar-refractivity contribution in [2.45, 2.75) is 31.3 Å². The number of benzene rings is 1. The number of aromatic amines is 1. The first-order chi connectivity index (χ1) is 14.4. The minimum absolute atomic E-state index is 0.241. The van der Waals surface area contributed by atoms with Crippen molar-refractivity contribution in [3.63, 3.8) is 0 Å². The third-order valence-corrected chi connectivity index (χ3v) is 4.97. The summed E-state index contributed by atoms with van der Waals surface area (Å²) >= 11 is 0. The summed E-state index contributed by atoms with van der Waals surface area (Å²) < 4.78 is 0. The molecule has 160 valence electrons. The fourth-order valence-electron chi connectivity index (χ4n) is 3.44. The number of amides is 3. The Labute approximate surface area is 172 Å². The van der Waals surface area contributed by atoms with Crippen molar-refractivity contribution in [3.05, 3.63) is 36.0 Å². The number of carbonyl (C=O) groups excluding carboxylic acids is 3. The maximum absolute atomic E-state index is 12.7. The molecule has 2 aromatic rings. The van der Waals surface area contributed by atoms with Gasteiger partial charge in [0.05, 0.1) is 12.6 Å². The lowest BCUT2D eigenvalue weighted by Crippen LogP contribution is -2.53. The van der Waals surface area contributed by atoms with E-state index in [2.05, 4.69) is 26.3 Å². The number of H-pyrrole nitrogens is 1. The number of rotatable bonds is 9. The van der Waals surface area contributed by atoms with Gasteiger partial charge in [-0.25, -0.2) is 0 Å². The number of carboxylic acid groups (broad SMARTS) is 1. The smallest absolute Gasteiger partial charge is 0.322 e. The first-order valence-corrected chi connectivity index (χ1v) is 9.79. The van der Waals surface area contributed by atoms with E-state index in [-0.39, 0.29) is 24.9 Å². The van der Waals surface area contributed by atoms with E-state index < -0.39 is 30.4 Å². The predicted molar refractivity (Wildman–Crippen MR) is 109 cm³/mol. The molecule has 6 N–H and O–H groups in total. The van der Waals surface area contributed by atoms with E-state index >= 15 is 0 Å². The molecule has 0 saturated carbocycles. The number of hydrogen-bond acceptors (Lipinski definition) is 5. The number of nitrogens with one attached hydrogen (secondary N) is 5. The fraction of sp³-hybridized carbons (Fsp3) is 0.400. The van der Waals surface area contributed by atoms with E-state index in [1.807, 2.05) is 24.3 Å². The van der Waals surface area contributed by atoms with Crippen molar-refractivity contribution in [2.24, 2.45) is 0 Å². The molecule has 2 atom stereocenters. The number of carboxylic acids is 1. The van der Waals surface area contributed by atoms with Crippen molar-refractivity contribution >= 4 is 34.6 Å². The summed E-state index contributed by atoms with van der Waals surface area (Å²) in [4.78, 5) is 50.7. The van der Waals surface area contributed by atoms with E-state index in [1.54, 1.807) is 6.20 Å². The number of hydrogen-bond donors (Lipinski definition) is 6. The summed E-state index contributed by atoms with van der Waals surface area (Å²) in [5, 5.41) is 20.1. The van der Waals surface area contributed by atoms with Crippen molar-refractivity contribution in [3.8, 4) is 0 Å². The third-order valence-electron chi connectivity index (χ3n) is 4.97. The number of para-hydroxylation sites is 1. The zero-order valence-corrected chi connectivity index (χ0v) is 16.4. The zero-order chi connectivity index (χ0) is 21.5. The second-order valence-electron chi connectivity index (χ2n) is 7.16. The Balaban J connectivity index is 1.68. The van der Waals surface area contributed by atoms with E-state index in [9.17, 15) is 19.2 Å². The van der Waals surface area contributed by atoms with E-state index in [1.165, 1.54) is 0 Å². The maximum Gasteiger partial charge on any atom is 0.322 e. The molecule has 2 unspecified atom stereocenters. The highest BCUT2D eigenvalue weighted by molar-refractivity contribution is 5.93. The van der Waals surface area contributed by atoms with Crippen LogP contribution in [0.3, 0.4) is 0 Å². The van der Waals surface area contributed by atoms with Crippen molar-refractivity contribution in [1.29, 1.82) is 0 Å². The van der Waals surface area contributed by atoms with Gasteiger partial charge in [0.15, 0.2) is 0 Å². The number of fused-ring (bicyclic) bond motifs is 1. The van der Waals surface area contributed by atoms with E-state index in [0.717, 1.165) is 29.4 Å². The van der Waals surface area contributed by atoms with Gasteiger partial charge in [-0.15, -0.1) is 0 Å². The fourth-order valence-corrected chi connectivity index (χ4v) is 3.44. The number of aliphatic carboxylic acids is 1.